The number of nitrogens with two attached hydrogens (primary N) is 1. The van der Waals surface area contributed by atoms with E-state index in [1.807, 2.05) is 0 Å². The summed E-state index contributed by atoms with van der Waals surface area (Å²) in [5.41, 5.74) is 1.18. The Bertz CT molecular complexity index is 609. The molecule has 1 aromatic carbocycles. The summed E-state index contributed by atoms with van der Waals surface area (Å²) in [7, 11) is -3.79. The zero-order valence-corrected chi connectivity index (χ0v) is 11.9. The van der Waals surface area contributed by atoms with Crippen molar-refractivity contribution < 1.29 is 17.9 Å². The second kappa shape index (κ2) is 5.88. The van der Waals surface area contributed by atoms with Crippen LogP contribution in [0.25, 0.3) is 0 Å². The molecule has 1 aliphatic heterocycles. The van der Waals surface area contributed by atoms with E-state index in [2.05, 4.69) is 10.6 Å². The van der Waals surface area contributed by atoms with Crippen LogP contribution in [0, 0.1) is 6.92 Å². The molecule has 1 atom stereocenters. The minimum absolute atomic E-state index is 0.0359. The summed E-state index contributed by atoms with van der Waals surface area (Å²) in [6.45, 7) is 3.24. The van der Waals surface area contributed by atoms with Gasteiger partial charge in [0.2, 0.25) is 15.9 Å². The average molecular weight is 299 g/mol. The number of aryl methyl sites for hydroxylation is 1. The monoisotopic (exact) mass is 299 g/mol. The Morgan fingerprint density at radius 3 is 2.85 bits per heavy atom. The van der Waals surface area contributed by atoms with E-state index >= 15 is 0 Å². The Balaban J connectivity index is 2.18. The standard InChI is InChI=1S/C12H17N3O4S/c1-8-2-3-9(20(13,17)18)6-10(8)15-12(16)11-7-19-5-4-14-11/h2-3,6,11,14H,4-5,7H2,1H3,(H,15,16)(H2,13,17,18). The van der Waals surface area contributed by atoms with E-state index in [4.69, 9.17) is 9.88 Å². The van der Waals surface area contributed by atoms with Crippen molar-refractivity contribution in [2.24, 2.45) is 5.14 Å². The van der Waals surface area contributed by atoms with Gasteiger partial charge in [0, 0.05) is 12.2 Å². The highest BCUT2D eigenvalue weighted by Crippen LogP contribution is 2.19. The summed E-state index contributed by atoms with van der Waals surface area (Å²) in [5.74, 6) is -0.264. The largest absolute Gasteiger partial charge is 0.378 e. The highest BCUT2D eigenvalue weighted by Gasteiger charge is 2.22. The van der Waals surface area contributed by atoms with Crippen LogP contribution in [0.2, 0.25) is 0 Å². The maximum Gasteiger partial charge on any atom is 0.243 e. The molecule has 1 fully saturated rings. The number of primary sulfonamides is 1. The van der Waals surface area contributed by atoms with Gasteiger partial charge < -0.3 is 15.4 Å². The van der Waals surface area contributed by atoms with Crippen LogP contribution in [0.1, 0.15) is 5.56 Å². The van der Waals surface area contributed by atoms with Gasteiger partial charge in [0.25, 0.3) is 0 Å². The molecular formula is C12H17N3O4S. The third-order valence-corrected chi connectivity index (χ3v) is 3.94. The maximum atomic E-state index is 12.0. The molecule has 1 unspecified atom stereocenters. The van der Waals surface area contributed by atoms with Crippen molar-refractivity contribution in [2.45, 2.75) is 17.9 Å². The van der Waals surface area contributed by atoms with Gasteiger partial charge in [-0.25, -0.2) is 13.6 Å². The van der Waals surface area contributed by atoms with Crippen LogP contribution in [0.15, 0.2) is 23.1 Å². The zero-order chi connectivity index (χ0) is 14.8. The van der Waals surface area contributed by atoms with E-state index < -0.39 is 16.1 Å². The molecule has 0 aliphatic carbocycles. The first-order chi connectivity index (χ1) is 9.38. The van der Waals surface area contributed by atoms with Gasteiger partial charge >= 0.3 is 0 Å². The summed E-state index contributed by atoms with van der Waals surface area (Å²) in [5, 5.41) is 10.8. The third kappa shape index (κ3) is 3.54. The van der Waals surface area contributed by atoms with Gasteiger partial charge in [-0.15, -0.1) is 0 Å². The molecule has 1 saturated heterocycles. The van der Waals surface area contributed by atoms with E-state index in [0.29, 0.717) is 25.4 Å². The molecule has 110 valence electrons. The number of benzene rings is 1. The molecule has 0 bridgehead atoms. The lowest BCUT2D eigenvalue weighted by Crippen LogP contribution is -2.48. The van der Waals surface area contributed by atoms with E-state index in [9.17, 15) is 13.2 Å². The lowest BCUT2D eigenvalue weighted by molar-refractivity contribution is -0.120. The lowest BCUT2D eigenvalue weighted by Gasteiger charge is -2.23. The lowest BCUT2D eigenvalue weighted by atomic mass is 10.2. The number of hydrogen-bond donors (Lipinski definition) is 3. The molecular weight excluding hydrogens is 282 g/mol. The summed E-state index contributed by atoms with van der Waals surface area (Å²) in [6.07, 6.45) is 0. The minimum Gasteiger partial charge on any atom is -0.378 e. The summed E-state index contributed by atoms with van der Waals surface area (Å²) in [4.78, 5) is 12.0. The first-order valence-corrected chi connectivity index (χ1v) is 7.68. The number of morpholine rings is 1. The number of nitrogens with one attached hydrogen (secondary N) is 2. The molecule has 0 spiro atoms. The fourth-order valence-electron chi connectivity index (χ4n) is 1.87. The predicted octanol–water partition coefficient (Wildman–Crippen LogP) is -0.431. The second-order valence-corrected chi connectivity index (χ2v) is 6.15. The highest BCUT2D eigenvalue weighted by molar-refractivity contribution is 7.89. The molecule has 0 saturated carbocycles. The van der Waals surface area contributed by atoms with Crippen LogP contribution in [0.4, 0.5) is 5.69 Å². The number of sulfonamides is 1. The number of rotatable bonds is 3. The first kappa shape index (κ1) is 14.9. The number of carbonyl (C=O) groups excluding carboxylic acids is 1. The summed E-state index contributed by atoms with van der Waals surface area (Å²) < 4.78 is 27.8. The Labute approximate surface area is 117 Å². The van der Waals surface area contributed by atoms with Crippen molar-refractivity contribution in [1.29, 1.82) is 0 Å². The van der Waals surface area contributed by atoms with Crippen LogP contribution in [-0.4, -0.2) is 40.1 Å². The van der Waals surface area contributed by atoms with E-state index in [1.54, 1.807) is 13.0 Å². The minimum atomic E-state index is -3.79. The fourth-order valence-corrected chi connectivity index (χ4v) is 2.41. The quantitative estimate of drug-likeness (QED) is 0.701. The van der Waals surface area contributed by atoms with Gasteiger partial charge in [-0.2, -0.15) is 0 Å². The van der Waals surface area contributed by atoms with Gasteiger partial charge in [0.15, 0.2) is 0 Å². The molecule has 1 heterocycles. The highest BCUT2D eigenvalue weighted by atomic mass is 32.2. The molecule has 0 radical (unpaired) electrons. The van der Waals surface area contributed by atoms with Gasteiger partial charge in [0.05, 0.1) is 18.1 Å². The number of anilines is 1. The zero-order valence-electron chi connectivity index (χ0n) is 11.0. The van der Waals surface area contributed by atoms with Crippen LogP contribution in [0.3, 0.4) is 0 Å². The van der Waals surface area contributed by atoms with E-state index in [-0.39, 0.29) is 10.8 Å². The van der Waals surface area contributed by atoms with Gasteiger partial charge in [0.1, 0.15) is 6.04 Å². The van der Waals surface area contributed by atoms with Crippen molar-refractivity contribution in [3.63, 3.8) is 0 Å². The first-order valence-electron chi connectivity index (χ1n) is 6.13. The molecule has 2 rings (SSSR count). The number of carbonyl (C=O) groups is 1. The van der Waals surface area contributed by atoms with Crippen LogP contribution in [0.5, 0.6) is 0 Å². The Hall–Kier alpha value is -1.48. The van der Waals surface area contributed by atoms with Crippen LogP contribution in [-0.2, 0) is 19.6 Å². The van der Waals surface area contributed by atoms with E-state index in [0.717, 1.165) is 5.56 Å². The Morgan fingerprint density at radius 2 is 2.25 bits per heavy atom. The molecule has 1 amide bonds. The van der Waals surface area contributed by atoms with Crippen molar-refractivity contribution >= 4 is 21.6 Å². The number of ether oxygens (including phenoxy) is 1. The predicted molar refractivity (Wildman–Crippen MR) is 73.8 cm³/mol. The summed E-state index contributed by atoms with van der Waals surface area (Å²) >= 11 is 0. The Morgan fingerprint density at radius 1 is 1.50 bits per heavy atom. The molecule has 1 aliphatic rings. The fraction of sp³-hybridized carbons (Fsp3) is 0.417. The molecule has 20 heavy (non-hydrogen) atoms. The van der Waals surface area contributed by atoms with Gasteiger partial charge in [-0.3, -0.25) is 4.79 Å². The number of amides is 1. The van der Waals surface area contributed by atoms with Crippen molar-refractivity contribution in [1.82, 2.24) is 5.32 Å². The maximum absolute atomic E-state index is 12.0. The molecule has 0 aromatic heterocycles. The molecule has 7 nitrogen and oxygen atoms in total. The molecule has 8 heteroatoms. The molecule has 4 N–H and O–H groups in total. The second-order valence-electron chi connectivity index (χ2n) is 4.59. The smallest absolute Gasteiger partial charge is 0.243 e. The Kier molecular flexibility index (Phi) is 4.39. The van der Waals surface area contributed by atoms with Crippen molar-refractivity contribution in [2.75, 3.05) is 25.1 Å². The van der Waals surface area contributed by atoms with Gasteiger partial charge in [-0.05, 0) is 24.6 Å². The normalized spacial score (nSPS) is 19.6. The van der Waals surface area contributed by atoms with E-state index in [1.165, 1.54) is 12.1 Å². The van der Waals surface area contributed by atoms with Crippen molar-refractivity contribution in [3.05, 3.63) is 23.8 Å². The average Bonchev–Trinajstić information content (AvgIpc) is 2.41. The molecule has 1 aromatic rings. The van der Waals surface area contributed by atoms with Crippen molar-refractivity contribution in [3.8, 4) is 0 Å². The SMILES string of the molecule is Cc1ccc(S(N)(=O)=O)cc1NC(=O)C1COCCN1. The third-order valence-electron chi connectivity index (χ3n) is 3.03. The number of hydrogen-bond acceptors (Lipinski definition) is 5. The van der Waals surface area contributed by atoms with Crippen LogP contribution < -0.4 is 15.8 Å². The van der Waals surface area contributed by atoms with Crippen LogP contribution >= 0.6 is 0 Å². The topological polar surface area (TPSA) is 111 Å². The summed E-state index contributed by atoms with van der Waals surface area (Å²) in [6, 6.07) is 3.91. The van der Waals surface area contributed by atoms with Gasteiger partial charge in [-0.1, -0.05) is 6.07 Å².